The van der Waals surface area contributed by atoms with Crippen molar-refractivity contribution in [3.05, 3.63) is 48.0 Å². The van der Waals surface area contributed by atoms with Gasteiger partial charge >= 0.3 is 5.97 Å². The first-order valence-electron chi connectivity index (χ1n) is 7.36. The van der Waals surface area contributed by atoms with Gasteiger partial charge in [-0.2, -0.15) is 0 Å². The molecule has 1 aromatic carbocycles. The first-order valence-corrected chi connectivity index (χ1v) is 7.36. The van der Waals surface area contributed by atoms with Crippen LogP contribution in [0.4, 0.5) is 0 Å². The minimum atomic E-state index is -0.896. The van der Waals surface area contributed by atoms with Crippen molar-refractivity contribution in [2.45, 2.75) is 32.2 Å². The highest BCUT2D eigenvalue weighted by Crippen LogP contribution is 2.27. The highest BCUT2D eigenvalue weighted by Gasteiger charge is 2.34. The number of benzene rings is 1. The molecule has 1 aliphatic carbocycles. The molecule has 112 valence electrons. The van der Waals surface area contributed by atoms with E-state index in [0.29, 0.717) is 12.8 Å². The van der Waals surface area contributed by atoms with Crippen LogP contribution in [0, 0.1) is 11.8 Å². The molecule has 3 atom stereocenters. The topological polar surface area (TPSA) is 66.4 Å². The van der Waals surface area contributed by atoms with E-state index in [1.54, 1.807) is 0 Å². The number of carboxylic acid groups (broad SMARTS) is 1. The number of carboxylic acids is 1. The van der Waals surface area contributed by atoms with E-state index < -0.39 is 17.8 Å². The molecule has 0 radical (unpaired) electrons. The third-order valence-electron chi connectivity index (χ3n) is 4.01. The molecule has 0 heterocycles. The number of nitrogens with one attached hydrogen (secondary N) is 1. The Morgan fingerprint density at radius 3 is 2.38 bits per heavy atom. The summed E-state index contributed by atoms with van der Waals surface area (Å²) in [7, 11) is 0. The van der Waals surface area contributed by atoms with Gasteiger partial charge in [-0.25, -0.2) is 0 Å². The third kappa shape index (κ3) is 3.72. The molecule has 1 aliphatic rings. The van der Waals surface area contributed by atoms with Gasteiger partial charge in [0.15, 0.2) is 0 Å². The molecule has 0 fully saturated rings. The summed E-state index contributed by atoms with van der Waals surface area (Å²) in [5.41, 5.74) is 1.05. The predicted molar refractivity (Wildman–Crippen MR) is 80.6 cm³/mol. The summed E-state index contributed by atoms with van der Waals surface area (Å²) in [6.07, 6.45) is 5.43. The summed E-state index contributed by atoms with van der Waals surface area (Å²) in [6.45, 7) is 2.01. The molecule has 4 heteroatoms. The van der Waals surface area contributed by atoms with E-state index in [0.717, 1.165) is 12.0 Å². The number of rotatable bonds is 5. The molecule has 0 spiro atoms. The van der Waals surface area contributed by atoms with Crippen LogP contribution in [0.25, 0.3) is 0 Å². The van der Waals surface area contributed by atoms with Crippen molar-refractivity contribution in [2.75, 3.05) is 0 Å². The molecule has 1 unspecified atom stereocenters. The Morgan fingerprint density at radius 2 is 1.81 bits per heavy atom. The second-order valence-electron chi connectivity index (χ2n) is 5.37. The number of carbonyl (C=O) groups excluding carboxylic acids is 1. The highest BCUT2D eigenvalue weighted by atomic mass is 16.4. The minimum absolute atomic E-state index is 0.0703. The number of amides is 1. The van der Waals surface area contributed by atoms with Gasteiger partial charge in [-0.05, 0) is 24.8 Å². The van der Waals surface area contributed by atoms with Crippen LogP contribution in [0.5, 0.6) is 0 Å². The van der Waals surface area contributed by atoms with Crippen LogP contribution in [0.2, 0.25) is 0 Å². The molecule has 0 saturated heterocycles. The summed E-state index contributed by atoms with van der Waals surface area (Å²) >= 11 is 0. The second kappa shape index (κ2) is 7.07. The van der Waals surface area contributed by atoms with Gasteiger partial charge in [0.1, 0.15) is 0 Å². The Labute approximate surface area is 124 Å². The fourth-order valence-corrected chi connectivity index (χ4v) is 2.76. The molecule has 1 aromatic rings. The summed E-state index contributed by atoms with van der Waals surface area (Å²) in [4.78, 5) is 23.7. The Balaban J connectivity index is 2.08. The van der Waals surface area contributed by atoms with Crippen LogP contribution in [0.1, 0.15) is 37.8 Å². The SMILES string of the molecule is CCC(NC(=O)[C@@H]1CC=CC[C@@H]1C(=O)O)c1ccccc1. The first kappa shape index (κ1) is 15.3. The fourth-order valence-electron chi connectivity index (χ4n) is 2.76. The largest absolute Gasteiger partial charge is 0.481 e. The zero-order valence-electron chi connectivity index (χ0n) is 12.2. The van der Waals surface area contributed by atoms with Crippen molar-refractivity contribution >= 4 is 11.9 Å². The maximum Gasteiger partial charge on any atom is 0.307 e. The zero-order valence-corrected chi connectivity index (χ0v) is 12.2. The van der Waals surface area contributed by atoms with Crippen molar-refractivity contribution in [1.29, 1.82) is 0 Å². The van der Waals surface area contributed by atoms with Crippen LogP contribution in [-0.4, -0.2) is 17.0 Å². The number of allylic oxidation sites excluding steroid dienone is 2. The number of carbonyl (C=O) groups is 2. The van der Waals surface area contributed by atoms with E-state index in [4.69, 9.17) is 0 Å². The molecule has 21 heavy (non-hydrogen) atoms. The van der Waals surface area contributed by atoms with Gasteiger partial charge in [-0.15, -0.1) is 0 Å². The molecule has 0 aromatic heterocycles. The van der Waals surface area contributed by atoms with Gasteiger partial charge in [0.05, 0.1) is 17.9 Å². The summed E-state index contributed by atoms with van der Waals surface area (Å²) in [5, 5.41) is 12.3. The lowest BCUT2D eigenvalue weighted by Gasteiger charge is -2.27. The van der Waals surface area contributed by atoms with Gasteiger partial charge in [0.25, 0.3) is 0 Å². The quantitative estimate of drug-likeness (QED) is 0.818. The second-order valence-corrected chi connectivity index (χ2v) is 5.37. The van der Waals surface area contributed by atoms with Crippen molar-refractivity contribution in [2.24, 2.45) is 11.8 Å². The molecule has 2 rings (SSSR count). The maximum atomic E-state index is 12.4. The Kier molecular flexibility index (Phi) is 5.14. The zero-order chi connectivity index (χ0) is 15.2. The van der Waals surface area contributed by atoms with Gasteiger partial charge in [-0.1, -0.05) is 49.4 Å². The maximum absolute atomic E-state index is 12.4. The molecule has 1 amide bonds. The average Bonchev–Trinajstić information content (AvgIpc) is 2.53. The van der Waals surface area contributed by atoms with E-state index in [-0.39, 0.29) is 11.9 Å². The van der Waals surface area contributed by atoms with Crippen molar-refractivity contribution in [1.82, 2.24) is 5.32 Å². The van der Waals surface area contributed by atoms with Crippen molar-refractivity contribution in [3.8, 4) is 0 Å². The van der Waals surface area contributed by atoms with Gasteiger partial charge in [0.2, 0.25) is 5.91 Å². The molecule has 0 bridgehead atoms. The smallest absolute Gasteiger partial charge is 0.307 e. The summed E-state index contributed by atoms with van der Waals surface area (Å²) in [6, 6.07) is 9.69. The predicted octanol–water partition coefficient (Wildman–Crippen LogP) is 2.92. The normalized spacial score (nSPS) is 22.5. The lowest BCUT2D eigenvalue weighted by Crippen LogP contribution is -2.40. The van der Waals surface area contributed by atoms with Gasteiger partial charge in [-0.3, -0.25) is 9.59 Å². The molecule has 2 N–H and O–H groups in total. The Hall–Kier alpha value is -2.10. The Bertz CT molecular complexity index is 524. The van der Waals surface area contributed by atoms with Crippen molar-refractivity contribution < 1.29 is 14.7 Å². The number of hydrogen-bond donors (Lipinski definition) is 2. The van der Waals surface area contributed by atoms with Crippen LogP contribution in [0.3, 0.4) is 0 Å². The Morgan fingerprint density at radius 1 is 1.19 bits per heavy atom. The molecule has 0 saturated carbocycles. The summed E-state index contributed by atoms with van der Waals surface area (Å²) in [5.74, 6) is -2.16. The first-order chi connectivity index (χ1) is 10.1. The standard InChI is InChI=1S/C17H21NO3/c1-2-15(12-8-4-3-5-9-12)18-16(19)13-10-6-7-11-14(13)17(20)21/h3-9,13-15H,2,10-11H2,1H3,(H,18,19)(H,20,21)/t13-,14+,15?/m1/s1. The van der Waals surface area contributed by atoms with E-state index in [1.165, 1.54) is 0 Å². The van der Waals surface area contributed by atoms with Crippen LogP contribution in [-0.2, 0) is 9.59 Å². The van der Waals surface area contributed by atoms with Crippen LogP contribution >= 0.6 is 0 Å². The van der Waals surface area contributed by atoms with Gasteiger partial charge < -0.3 is 10.4 Å². The molecule has 0 aliphatic heterocycles. The van der Waals surface area contributed by atoms with E-state index in [1.807, 2.05) is 49.4 Å². The van der Waals surface area contributed by atoms with E-state index in [2.05, 4.69) is 5.32 Å². The summed E-state index contributed by atoms with van der Waals surface area (Å²) < 4.78 is 0. The van der Waals surface area contributed by atoms with Crippen LogP contribution < -0.4 is 5.32 Å². The number of hydrogen-bond acceptors (Lipinski definition) is 2. The number of aliphatic carboxylic acids is 1. The fraction of sp³-hybridized carbons (Fsp3) is 0.412. The molecular formula is C17H21NO3. The molecular weight excluding hydrogens is 266 g/mol. The van der Waals surface area contributed by atoms with Crippen LogP contribution in [0.15, 0.2) is 42.5 Å². The molecule has 4 nitrogen and oxygen atoms in total. The van der Waals surface area contributed by atoms with E-state index >= 15 is 0 Å². The highest BCUT2D eigenvalue weighted by molar-refractivity contribution is 5.85. The minimum Gasteiger partial charge on any atom is -0.481 e. The lowest BCUT2D eigenvalue weighted by molar-refractivity contribution is -0.147. The van der Waals surface area contributed by atoms with Crippen molar-refractivity contribution in [3.63, 3.8) is 0 Å². The monoisotopic (exact) mass is 287 g/mol. The van der Waals surface area contributed by atoms with Gasteiger partial charge in [0, 0.05) is 0 Å². The lowest BCUT2D eigenvalue weighted by atomic mass is 9.82. The average molecular weight is 287 g/mol. The van der Waals surface area contributed by atoms with E-state index in [9.17, 15) is 14.7 Å². The third-order valence-corrected chi connectivity index (χ3v) is 4.01.